The monoisotopic (exact) mass is 211 g/mol. The summed E-state index contributed by atoms with van der Waals surface area (Å²) >= 11 is 1.66. The van der Waals surface area contributed by atoms with E-state index in [0.717, 1.165) is 24.7 Å². The molecule has 2 atom stereocenters. The summed E-state index contributed by atoms with van der Waals surface area (Å²) in [6.07, 6.45) is 1.31. The first-order chi connectivity index (χ1) is 6.86. The zero-order chi connectivity index (χ0) is 9.80. The first-order valence-electron chi connectivity index (χ1n) is 5.17. The molecule has 2 N–H and O–H groups in total. The van der Waals surface area contributed by atoms with Gasteiger partial charge in [0.1, 0.15) is 0 Å². The van der Waals surface area contributed by atoms with Gasteiger partial charge in [0, 0.05) is 24.5 Å². The molecule has 1 aromatic rings. The van der Waals surface area contributed by atoms with Crippen molar-refractivity contribution in [2.24, 2.45) is 5.92 Å². The standard InChI is InChI=1S/C10H17N3S/c1-8-2-3-12-10(8)5-11-4-9-6-14-7-13-9/h6-8,10-12H,2-5H2,1H3. The van der Waals surface area contributed by atoms with E-state index < -0.39 is 0 Å². The van der Waals surface area contributed by atoms with Crippen molar-refractivity contribution in [1.29, 1.82) is 0 Å². The summed E-state index contributed by atoms with van der Waals surface area (Å²) in [7, 11) is 0. The minimum Gasteiger partial charge on any atom is -0.312 e. The van der Waals surface area contributed by atoms with Gasteiger partial charge in [0.2, 0.25) is 0 Å². The summed E-state index contributed by atoms with van der Waals surface area (Å²) in [6.45, 7) is 5.44. The Morgan fingerprint density at radius 3 is 3.29 bits per heavy atom. The van der Waals surface area contributed by atoms with Crippen molar-refractivity contribution < 1.29 is 0 Å². The maximum Gasteiger partial charge on any atom is 0.0795 e. The number of rotatable bonds is 4. The third-order valence-electron chi connectivity index (χ3n) is 2.85. The third-order valence-corrected chi connectivity index (χ3v) is 3.48. The van der Waals surface area contributed by atoms with Crippen LogP contribution in [0.5, 0.6) is 0 Å². The van der Waals surface area contributed by atoms with Crippen LogP contribution in [0.2, 0.25) is 0 Å². The lowest BCUT2D eigenvalue weighted by Gasteiger charge is -2.15. The van der Waals surface area contributed by atoms with Crippen molar-refractivity contribution in [1.82, 2.24) is 15.6 Å². The Balaban J connectivity index is 1.68. The molecule has 1 saturated heterocycles. The third kappa shape index (κ3) is 2.53. The second kappa shape index (κ2) is 4.87. The molecule has 0 amide bonds. The zero-order valence-corrected chi connectivity index (χ0v) is 9.31. The van der Waals surface area contributed by atoms with Crippen LogP contribution in [-0.4, -0.2) is 24.1 Å². The van der Waals surface area contributed by atoms with Gasteiger partial charge in [-0.2, -0.15) is 0 Å². The summed E-state index contributed by atoms with van der Waals surface area (Å²) in [5, 5.41) is 9.04. The molecule has 0 aliphatic carbocycles. The van der Waals surface area contributed by atoms with Gasteiger partial charge < -0.3 is 10.6 Å². The van der Waals surface area contributed by atoms with Crippen molar-refractivity contribution in [3.63, 3.8) is 0 Å². The molecule has 14 heavy (non-hydrogen) atoms. The lowest BCUT2D eigenvalue weighted by Crippen LogP contribution is -2.36. The fourth-order valence-corrected chi connectivity index (χ4v) is 2.41. The highest BCUT2D eigenvalue weighted by atomic mass is 32.1. The maximum atomic E-state index is 4.24. The van der Waals surface area contributed by atoms with E-state index in [4.69, 9.17) is 0 Å². The van der Waals surface area contributed by atoms with Gasteiger partial charge in [-0.05, 0) is 18.9 Å². The van der Waals surface area contributed by atoms with Crippen LogP contribution >= 0.6 is 11.3 Å². The highest BCUT2D eigenvalue weighted by Crippen LogP contribution is 2.13. The molecule has 3 nitrogen and oxygen atoms in total. The van der Waals surface area contributed by atoms with Crippen LogP contribution in [0.3, 0.4) is 0 Å². The van der Waals surface area contributed by atoms with Gasteiger partial charge in [-0.15, -0.1) is 11.3 Å². The van der Waals surface area contributed by atoms with Crippen LogP contribution in [0.1, 0.15) is 19.0 Å². The van der Waals surface area contributed by atoms with Gasteiger partial charge in [0.15, 0.2) is 0 Å². The SMILES string of the molecule is CC1CCNC1CNCc1cscn1. The quantitative estimate of drug-likeness (QED) is 0.786. The number of hydrogen-bond donors (Lipinski definition) is 2. The lowest BCUT2D eigenvalue weighted by atomic mass is 10.0. The Labute approximate surface area is 88.9 Å². The van der Waals surface area contributed by atoms with Crippen molar-refractivity contribution in [3.05, 3.63) is 16.6 Å². The van der Waals surface area contributed by atoms with Gasteiger partial charge >= 0.3 is 0 Å². The molecule has 1 fully saturated rings. The Bertz CT molecular complexity index is 260. The first-order valence-corrected chi connectivity index (χ1v) is 6.11. The molecule has 0 saturated carbocycles. The number of thiazole rings is 1. The normalized spacial score (nSPS) is 26.9. The molecule has 78 valence electrons. The highest BCUT2D eigenvalue weighted by molar-refractivity contribution is 7.07. The average Bonchev–Trinajstić information content (AvgIpc) is 2.78. The number of nitrogens with one attached hydrogen (secondary N) is 2. The van der Waals surface area contributed by atoms with Crippen molar-refractivity contribution >= 4 is 11.3 Å². The predicted molar refractivity (Wildman–Crippen MR) is 59.4 cm³/mol. The fourth-order valence-electron chi connectivity index (χ4n) is 1.85. The minimum absolute atomic E-state index is 0.647. The van der Waals surface area contributed by atoms with Crippen LogP contribution < -0.4 is 10.6 Å². The zero-order valence-electron chi connectivity index (χ0n) is 8.49. The van der Waals surface area contributed by atoms with Crippen LogP contribution in [0.25, 0.3) is 0 Å². The molecule has 1 aromatic heterocycles. The van der Waals surface area contributed by atoms with E-state index in [2.05, 4.69) is 27.9 Å². The van der Waals surface area contributed by atoms with Crippen LogP contribution in [0.15, 0.2) is 10.9 Å². The molecule has 0 radical (unpaired) electrons. The number of hydrogen-bond acceptors (Lipinski definition) is 4. The topological polar surface area (TPSA) is 37.0 Å². The molecule has 0 spiro atoms. The molecule has 0 aromatic carbocycles. The van der Waals surface area contributed by atoms with Crippen LogP contribution in [0.4, 0.5) is 0 Å². The van der Waals surface area contributed by atoms with E-state index in [0.29, 0.717) is 6.04 Å². The second-order valence-corrected chi connectivity index (χ2v) is 4.66. The van der Waals surface area contributed by atoms with Crippen molar-refractivity contribution in [3.8, 4) is 0 Å². The van der Waals surface area contributed by atoms with Crippen molar-refractivity contribution in [2.75, 3.05) is 13.1 Å². The van der Waals surface area contributed by atoms with E-state index in [-0.39, 0.29) is 0 Å². The predicted octanol–water partition coefficient (Wildman–Crippen LogP) is 1.23. The molecule has 2 heterocycles. The minimum atomic E-state index is 0.647. The van der Waals surface area contributed by atoms with Gasteiger partial charge in [0.05, 0.1) is 11.2 Å². The van der Waals surface area contributed by atoms with Gasteiger partial charge in [-0.25, -0.2) is 4.98 Å². The summed E-state index contributed by atoms with van der Waals surface area (Å²) in [4.78, 5) is 4.24. The van der Waals surface area contributed by atoms with E-state index >= 15 is 0 Å². The van der Waals surface area contributed by atoms with E-state index in [9.17, 15) is 0 Å². The average molecular weight is 211 g/mol. The van der Waals surface area contributed by atoms with E-state index in [1.54, 1.807) is 11.3 Å². The summed E-state index contributed by atoms with van der Waals surface area (Å²) in [5.74, 6) is 0.804. The maximum absolute atomic E-state index is 4.24. The van der Waals surface area contributed by atoms with Crippen LogP contribution in [-0.2, 0) is 6.54 Å². The molecule has 1 aliphatic rings. The van der Waals surface area contributed by atoms with Gasteiger partial charge in [-0.3, -0.25) is 0 Å². The molecular formula is C10H17N3S. The highest BCUT2D eigenvalue weighted by Gasteiger charge is 2.21. The Kier molecular flexibility index (Phi) is 3.50. The molecule has 1 aliphatic heterocycles. The van der Waals surface area contributed by atoms with Crippen molar-refractivity contribution in [2.45, 2.75) is 25.9 Å². The molecule has 2 unspecified atom stereocenters. The summed E-state index contributed by atoms with van der Waals surface area (Å²) in [6, 6.07) is 0.647. The molecule has 0 bridgehead atoms. The van der Waals surface area contributed by atoms with E-state index in [1.165, 1.54) is 13.0 Å². The number of aromatic nitrogens is 1. The summed E-state index contributed by atoms with van der Waals surface area (Å²) < 4.78 is 0. The molecular weight excluding hydrogens is 194 g/mol. The van der Waals surface area contributed by atoms with Gasteiger partial charge in [0.25, 0.3) is 0 Å². The van der Waals surface area contributed by atoms with E-state index in [1.807, 2.05) is 5.51 Å². The lowest BCUT2D eigenvalue weighted by molar-refractivity contribution is 0.447. The molecule has 4 heteroatoms. The second-order valence-electron chi connectivity index (χ2n) is 3.94. The molecule has 2 rings (SSSR count). The van der Waals surface area contributed by atoms with Gasteiger partial charge in [-0.1, -0.05) is 6.92 Å². The Morgan fingerprint density at radius 2 is 2.64 bits per heavy atom. The first kappa shape index (κ1) is 10.1. The summed E-state index contributed by atoms with van der Waals surface area (Å²) in [5.41, 5.74) is 3.04. The smallest absolute Gasteiger partial charge is 0.0795 e. The van der Waals surface area contributed by atoms with Crippen LogP contribution in [0, 0.1) is 5.92 Å². The number of nitrogens with zero attached hydrogens (tertiary/aromatic N) is 1. The fraction of sp³-hybridized carbons (Fsp3) is 0.700. The Hall–Kier alpha value is -0.450. The Morgan fingerprint density at radius 1 is 1.71 bits per heavy atom. The largest absolute Gasteiger partial charge is 0.312 e.